The molecule has 0 aliphatic rings. The molecule has 3 rings (SSSR count). The van der Waals surface area contributed by atoms with E-state index in [1.54, 1.807) is 13.2 Å². The van der Waals surface area contributed by atoms with Gasteiger partial charge in [-0.3, -0.25) is 0 Å². The second kappa shape index (κ2) is 4.18. The molecule has 2 aromatic carbocycles. The minimum absolute atomic E-state index is 0.241. The molecular formula is C15H12FNO. The zero-order valence-electron chi connectivity index (χ0n) is 9.91. The van der Waals surface area contributed by atoms with Gasteiger partial charge in [0.25, 0.3) is 0 Å². The lowest BCUT2D eigenvalue weighted by molar-refractivity contribution is 0.416. The minimum atomic E-state index is -0.241. The van der Waals surface area contributed by atoms with Crippen LogP contribution in [0.1, 0.15) is 0 Å². The van der Waals surface area contributed by atoms with Gasteiger partial charge in [0.05, 0.1) is 12.8 Å². The fraction of sp³-hybridized carbons (Fsp3) is 0.0667. The van der Waals surface area contributed by atoms with E-state index in [-0.39, 0.29) is 5.82 Å². The number of rotatable bonds is 2. The Morgan fingerprint density at radius 2 is 1.72 bits per heavy atom. The van der Waals surface area contributed by atoms with Gasteiger partial charge >= 0.3 is 0 Å². The van der Waals surface area contributed by atoms with Crippen molar-refractivity contribution in [3.05, 3.63) is 54.3 Å². The van der Waals surface area contributed by atoms with Gasteiger partial charge in [0, 0.05) is 16.5 Å². The van der Waals surface area contributed by atoms with E-state index < -0.39 is 0 Å². The Kier molecular flexibility index (Phi) is 2.52. The Labute approximate surface area is 104 Å². The predicted molar refractivity (Wildman–Crippen MR) is 70.2 cm³/mol. The fourth-order valence-corrected chi connectivity index (χ4v) is 2.14. The quantitative estimate of drug-likeness (QED) is 0.721. The van der Waals surface area contributed by atoms with Crippen LogP contribution >= 0.6 is 0 Å². The fourth-order valence-electron chi connectivity index (χ4n) is 2.14. The average Bonchev–Trinajstić information content (AvgIpc) is 2.76. The number of hydrogen-bond acceptors (Lipinski definition) is 1. The monoisotopic (exact) mass is 241 g/mol. The number of fused-ring (bicyclic) bond motifs is 1. The summed E-state index contributed by atoms with van der Waals surface area (Å²) < 4.78 is 19.6. The van der Waals surface area contributed by atoms with Crippen molar-refractivity contribution >= 4 is 10.9 Å². The first-order valence-electron chi connectivity index (χ1n) is 5.71. The number of aromatic nitrogens is 1. The van der Waals surface area contributed by atoms with Crippen molar-refractivity contribution in [3.8, 4) is 17.0 Å². The molecule has 1 N–H and O–H groups in total. The lowest BCUT2D eigenvalue weighted by Crippen LogP contribution is -1.88. The smallest absolute Gasteiger partial charge is 0.156 e. The van der Waals surface area contributed by atoms with Gasteiger partial charge in [-0.1, -0.05) is 24.3 Å². The zero-order chi connectivity index (χ0) is 12.5. The second-order valence-corrected chi connectivity index (χ2v) is 4.06. The van der Waals surface area contributed by atoms with Crippen molar-refractivity contribution in [1.29, 1.82) is 0 Å². The first-order chi connectivity index (χ1) is 8.81. The molecule has 0 unspecified atom stereocenters. The van der Waals surface area contributed by atoms with Crippen LogP contribution in [0.3, 0.4) is 0 Å². The summed E-state index contributed by atoms with van der Waals surface area (Å²) in [6.07, 6.45) is 0. The summed E-state index contributed by atoms with van der Waals surface area (Å²) in [6.45, 7) is 0. The van der Waals surface area contributed by atoms with Crippen LogP contribution in [0.2, 0.25) is 0 Å². The maximum absolute atomic E-state index is 14.3. The molecule has 0 fully saturated rings. The number of methoxy groups -OCH3 is 1. The molecule has 1 aromatic heterocycles. The summed E-state index contributed by atoms with van der Waals surface area (Å²) in [5, 5.41) is 0.596. The SMILES string of the molecule is COc1ccccc1-c1[nH]c2ccccc2c1F. The van der Waals surface area contributed by atoms with E-state index in [2.05, 4.69) is 4.98 Å². The molecule has 2 nitrogen and oxygen atoms in total. The second-order valence-electron chi connectivity index (χ2n) is 4.06. The first kappa shape index (κ1) is 10.8. The van der Waals surface area contributed by atoms with Gasteiger partial charge in [-0.25, -0.2) is 4.39 Å². The van der Waals surface area contributed by atoms with E-state index >= 15 is 0 Å². The third-order valence-corrected chi connectivity index (χ3v) is 3.02. The van der Waals surface area contributed by atoms with E-state index in [4.69, 9.17) is 4.74 Å². The molecule has 3 heteroatoms. The van der Waals surface area contributed by atoms with E-state index in [0.29, 0.717) is 16.8 Å². The molecule has 0 aliphatic heterocycles. The Morgan fingerprint density at radius 3 is 2.50 bits per heavy atom. The topological polar surface area (TPSA) is 25.0 Å². The van der Waals surface area contributed by atoms with Gasteiger partial charge in [-0.15, -0.1) is 0 Å². The van der Waals surface area contributed by atoms with Crippen molar-refractivity contribution < 1.29 is 9.13 Å². The molecule has 0 saturated heterocycles. The number of aromatic amines is 1. The van der Waals surface area contributed by atoms with Crippen LogP contribution in [0.4, 0.5) is 4.39 Å². The van der Waals surface area contributed by atoms with E-state index in [9.17, 15) is 4.39 Å². The molecule has 0 amide bonds. The van der Waals surface area contributed by atoms with E-state index in [1.807, 2.05) is 42.5 Å². The molecule has 0 atom stereocenters. The summed E-state index contributed by atoms with van der Waals surface area (Å²) >= 11 is 0. The van der Waals surface area contributed by atoms with Gasteiger partial charge < -0.3 is 9.72 Å². The Morgan fingerprint density at radius 1 is 1.00 bits per heavy atom. The van der Waals surface area contributed by atoms with E-state index in [0.717, 1.165) is 11.1 Å². The van der Waals surface area contributed by atoms with Crippen molar-refractivity contribution in [1.82, 2.24) is 4.98 Å². The van der Waals surface area contributed by atoms with Crippen LogP contribution in [0.25, 0.3) is 22.2 Å². The normalized spacial score (nSPS) is 10.8. The minimum Gasteiger partial charge on any atom is -0.496 e. The molecule has 0 radical (unpaired) electrons. The summed E-state index contributed by atoms with van der Waals surface area (Å²) in [6, 6.07) is 14.7. The Balaban J connectivity index is 2.28. The number of H-pyrrole nitrogens is 1. The average molecular weight is 241 g/mol. The number of ether oxygens (including phenoxy) is 1. The van der Waals surface area contributed by atoms with Crippen LogP contribution in [0.15, 0.2) is 48.5 Å². The highest BCUT2D eigenvalue weighted by Gasteiger charge is 2.15. The highest BCUT2D eigenvalue weighted by molar-refractivity contribution is 5.87. The van der Waals surface area contributed by atoms with Gasteiger partial charge in [0.15, 0.2) is 5.82 Å². The third kappa shape index (κ3) is 1.56. The largest absolute Gasteiger partial charge is 0.496 e. The molecule has 0 aliphatic carbocycles. The summed E-state index contributed by atoms with van der Waals surface area (Å²) in [5.74, 6) is 0.415. The number of benzene rings is 2. The maximum Gasteiger partial charge on any atom is 0.156 e. The molecule has 0 spiro atoms. The van der Waals surface area contributed by atoms with Crippen LogP contribution < -0.4 is 4.74 Å². The lowest BCUT2D eigenvalue weighted by atomic mass is 10.1. The van der Waals surface area contributed by atoms with Gasteiger partial charge in [-0.05, 0) is 24.3 Å². The Bertz CT molecular complexity index is 703. The van der Waals surface area contributed by atoms with Crippen molar-refractivity contribution in [2.45, 2.75) is 0 Å². The number of para-hydroxylation sites is 2. The third-order valence-electron chi connectivity index (χ3n) is 3.02. The summed E-state index contributed by atoms with van der Waals surface area (Å²) in [4.78, 5) is 3.10. The highest BCUT2D eigenvalue weighted by atomic mass is 19.1. The molecule has 0 saturated carbocycles. The summed E-state index contributed by atoms with van der Waals surface area (Å²) in [7, 11) is 1.58. The van der Waals surface area contributed by atoms with Crippen molar-refractivity contribution in [2.24, 2.45) is 0 Å². The Hall–Kier alpha value is -2.29. The molecule has 90 valence electrons. The maximum atomic E-state index is 14.3. The van der Waals surface area contributed by atoms with Gasteiger partial charge in [-0.2, -0.15) is 0 Å². The zero-order valence-corrected chi connectivity index (χ0v) is 9.91. The number of halogens is 1. The van der Waals surface area contributed by atoms with Crippen molar-refractivity contribution in [3.63, 3.8) is 0 Å². The molecule has 18 heavy (non-hydrogen) atoms. The summed E-state index contributed by atoms with van der Waals surface area (Å²) in [5.41, 5.74) is 1.98. The molecule has 1 heterocycles. The van der Waals surface area contributed by atoms with Crippen LogP contribution in [-0.2, 0) is 0 Å². The molecule has 0 bridgehead atoms. The van der Waals surface area contributed by atoms with Crippen LogP contribution in [-0.4, -0.2) is 12.1 Å². The first-order valence-corrected chi connectivity index (χ1v) is 5.71. The molecule has 3 aromatic rings. The van der Waals surface area contributed by atoms with Crippen molar-refractivity contribution in [2.75, 3.05) is 7.11 Å². The predicted octanol–water partition coefficient (Wildman–Crippen LogP) is 3.98. The van der Waals surface area contributed by atoms with Crippen LogP contribution in [0, 0.1) is 5.82 Å². The van der Waals surface area contributed by atoms with Gasteiger partial charge in [0.2, 0.25) is 0 Å². The van der Waals surface area contributed by atoms with E-state index in [1.165, 1.54) is 0 Å². The number of hydrogen-bond donors (Lipinski definition) is 1. The highest BCUT2D eigenvalue weighted by Crippen LogP contribution is 2.34. The van der Waals surface area contributed by atoms with Crippen LogP contribution in [0.5, 0.6) is 5.75 Å². The lowest BCUT2D eigenvalue weighted by Gasteiger charge is -2.06. The number of nitrogens with one attached hydrogen (secondary N) is 1. The van der Waals surface area contributed by atoms with Gasteiger partial charge in [0.1, 0.15) is 5.75 Å². The standard InChI is InChI=1S/C15H12FNO/c1-18-13-9-5-3-7-11(13)15-14(16)10-6-2-4-8-12(10)17-15/h2-9,17H,1H3. The molecular weight excluding hydrogens is 229 g/mol.